The number of aliphatic imine (C=N–C) groups is 2. The molecule has 0 spiro atoms. The zero-order valence-corrected chi connectivity index (χ0v) is 9.54. The van der Waals surface area contributed by atoms with E-state index in [9.17, 15) is 0 Å². The van der Waals surface area contributed by atoms with Gasteiger partial charge < -0.3 is 4.90 Å². The molecule has 2 aliphatic rings. The Morgan fingerprint density at radius 2 is 1.88 bits per heavy atom. The van der Waals surface area contributed by atoms with Crippen molar-refractivity contribution >= 4 is 12.4 Å². The smallest absolute Gasteiger partial charge is 0.151 e. The van der Waals surface area contributed by atoms with Gasteiger partial charge in [0.05, 0.1) is 0 Å². The topological polar surface area (TPSA) is 28.0 Å². The lowest BCUT2D eigenvalue weighted by Gasteiger charge is -2.27. The fraction of sp³-hybridized carbons (Fsp3) is 0.231. The average molecular weight is 213 g/mol. The van der Waals surface area contributed by atoms with Crippen LogP contribution < -0.4 is 0 Å². The van der Waals surface area contributed by atoms with Crippen LogP contribution in [0.1, 0.15) is 13.8 Å². The zero-order chi connectivity index (χ0) is 11.4. The third kappa shape index (κ3) is 2.37. The number of hydrogen-bond donors (Lipinski definition) is 0. The van der Waals surface area contributed by atoms with E-state index in [2.05, 4.69) is 41.0 Å². The number of nitrogens with zero attached hydrogens (tertiary/aromatic N) is 3. The van der Waals surface area contributed by atoms with Crippen molar-refractivity contribution in [3.63, 3.8) is 0 Å². The van der Waals surface area contributed by atoms with E-state index in [1.54, 1.807) is 12.4 Å². The van der Waals surface area contributed by atoms with Gasteiger partial charge in [-0.25, -0.2) is 9.98 Å². The lowest BCUT2D eigenvalue weighted by atomic mass is 10.2. The molecule has 0 amide bonds. The molecule has 0 aliphatic carbocycles. The van der Waals surface area contributed by atoms with Crippen molar-refractivity contribution < 1.29 is 0 Å². The fourth-order valence-electron chi connectivity index (χ4n) is 1.58. The van der Waals surface area contributed by atoms with E-state index in [1.807, 2.05) is 24.3 Å². The van der Waals surface area contributed by atoms with Gasteiger partial charge in [-0.1, -0.05) is 6.08 Å². The summed E-state index contributed by atoms with van der Waals surface area (Å²) in [5.41, 5.74) is 1.15. The first-order chi connectivity index (χ1) is 7.77. The molecule has 0 bridgehead atoms. The van der Waals surface area contributed by atoms with Crippen LogP contribution in [0.4, 0.5) is 0 Å². The first-order valence-electron chi connectivity index (χ1n) is 5.39. The Morgan fingerprint density at radius 1 is 1.12 bits per heavy atom. The minimum Gasteiger partial charge on any atom is -0.345 e. The molecule has 0 aromatic heterocycles. The van der Waals surface area contributed by atoms with Gasteiger partial charge >= 0.3 is 0 Å². The van der Waals surface area contributed by atoms with Crippen molar-refractivity contribution in [3.8, 4) is 0 Å². The molecule has 0 aromatic carbocycles. The lowest BCUT2D eigenvalue weighted by molar-refractivity contribution is 0.393. The molecular weight excluding hydrogens is 198 g/mol. The number of rotatable bonds is 2. The second kappa shape index (κ2) is 4.75. The molecule has 82 valence electrons. The maximum Gasteiger partial charge on any atom is 0.151 e. The van der Waals surface area contributed by atoms with Crippen molar-refractivity contribution in [3.05, 3.63) is 48.1 Å². The van der Waals surface area contributed by atoms with E-state index >= 15 is 0 Å². The molecule has 2 heterocycles. The molecule has 0 saturated heterocycles. The van der Waals surface area contributed by atoms with Crippen molar-refractivity contribution in [1.29, 1.82) is 0 Å². The molecule has 0 radical (unpaired) electrons. The van der Waals surface area contributed by atoms with Crippen LogP contribution in [-0.2, 0) is 0 Å². The summed E-state index contributed by atoms with van der Waals surface area (Å²) in [5.74, 6) is 0.749. The van der Waals surface area contributed by atoms with Crippen LogP contribution >= 0.6 is 0 Å². The summed E-state index contributed by atoms with van der Waals surface area (Å²) in [6.45, 7) is 4.33. The van der Waals surface area contributed by atoms with Crippen LogP contribution in [0.15, 0.2) is 58.1 Å². The molecule has 16 heavy (non-hydrogen) atoms. The summed E-state index contributed by atoms with van der Waals surface area (Å²) in [6, 6.07) is 0.446. The molecule has 2 aliphatic heterocycles. The number of hydrogen-bond acceptors (Lipinski definition) is 3. The molecule has 0 aromatic rings. The summed E-state index contributed by atoms with van der Waals surface area (Å²) in [5, 5.41) is 0. The van der Waals surface area contributed by atoms with Crippen LogP contribution in [0.3, 0.4) is 0 Å². The quantitative estimate of drug-likeness (QED) is 0.693. The first-order valence-corrected chi connectivity index (χ1v) is 5.39. The van der Waals surface area contributed by atoms with Gasteiger partial charge in [0.15, 0.2) is 5.82 Å². The van der Waals surface area contributed by atoms with E-state index in [-0.39, 0.29) is 0 Å². The van der Waals surface area contributed by atoms with Crippen LogP contribution in [0, 0.1) is 0 Å². The largest absolute Gasteiger partial charge is 0.345 e. The van der Waals surface area contributed by atoms with Crippen LogP contribution in [0.25, 0.3) is 0 Å². The highest BCUT2D eigenvalue weighted by molar-refractivity contribution is 6.18. The summed E-state index contributed by atoms with van der Waals surface area (Å²) in [7, 11) is 0. The van der Waals surface area contributed by atoms with Gasteiger partial charge in [0, 0.05) is 30.4 Å². The molecule has 3 heteroatoms. The van der Waals surface area contributed by atoms with Crippen molar-refractivity contribution in [2.24, 2.45) is 9.98 Å². The van der Waals surface area contributed by atoms with Gasteiger partial charge in [-0.3, -0.25) is 0 Å². The molecule has 0 N–H and O–H groups in total. The van der Waals surface area contributed by atoms with E-state index < -0.39 is 0 Å². The standard InChI is InChI=1S/C13H15N3/c1-11(2)16-10-4-3-5-12(16)6-7-13-14-8-9-15-13/h3-11H,1-2H3/b12-6+. The summed E-state index contributed by atoms with van der Waals surface area (Å²) >= 11 is 0. The molecule has 3 nitrogen and oxygen atoms in total. The maximum atomic E-state index is 4.10. The molecule has 0 atom stereocenters. The van der Waals surface area contributed by atoms with E-state index in [0.717, 1.165) is 11.5 Å². The van der Waals surface area contributed by atoms with Gasteiger partial charge in [-0.15, -0.1) is 0 Å². The predicted octanol–water partition coefficient (Wildman–Crippen LogP) is 2.66. The molecule has 2 rings (SSSR count). The van der Waals surface area contributed by atoms with E-state index in [0.29, 0.717) is 6.04 Å². The summed E-state index contributed by atoms with van der Waals surface area (Å²) in [6.07, 6.45) is 15.6. The minimum atomic E-state index is 0.446. The van der Waals surface area contributed by atoms with Crippen LogP contribution in [0.5, 0.6) is 0 Å². The molecule has 0 saturated carbocycles. The highest BCUT2D eigenvalue weighted by Crippen LogP contribution is 2.16. The second-order valence-electron chi connectivity index (χ2n) is 3.87. The normalized spacial score (nSPS) is 20.6. The average Bonchev–Trinajstić information content (AvgIpc) is 2.79. The highest BCUT2D eigenvalue weighted by atomic mass is 15.1. The minimum absolute atomic E-state index is 0.446. The van der Waals surface area contributed by atoms with Gasteiger partial charge in [0.2, 0.25) is 0 Å². The van der Waals surface area contributed by atoms with Gasteiger partial charge in [0.25, 0.3) is 0 Å². The lowest BCUT2D eigenvalue weighted by Crippen LogP contribution is -2.24. The summed E-state index contributed by atoms with van der Waals surface area (Å²) < 4.78 is 0. The summed E-state index contributed by atoms with van der Waals surface area (Å²) in [4.78, 5) is 10.4. The van der Waals surface area contributed by atoms with Crippen LogP contribution in [-0.4, -0.2) is 23.4 Å². The third-order valence-electron chi connectivity index (χ3n) is 2.36. The Balaban J connectivity index is 2.18. The SMILES string of the molecule is CC(C)N1C=CC=C/C1=C\C=C1N=CC=N1. The Hall–Kier alpha value is -1.90. The monoisotopic (exact) mass is 213 g/mol. The van der Waals surface area contributed by atoms with Crippen molar-refractivity contribution in [1.82, 2.24) is 4.90 Å². The molecular formula is C13H15N3. The van der Waals surface area contributed by atoms with Crippen LogP contribution in [0.2, 0.25) is 0 Å². The molecule has 0 fully saturated rings. The third-order valence-corrected chi connectivity index (χ3v) is 2.36. The zero-order valence-electron chi connectivity index (χ0n) is 9.54. The van der Waals surface area contributed by atoms with E-state index in [4.69, 9.17) is 0 Å². The highest BCUT2D eigenvalue weighted by Gasteiger charge is 2.09. The second-order valence-corrected chi connectivity index (χ2v) is 3.87. The van der Waals surface area contributed by atoms with Gasteiger partial charge in [-0.2, -0.15) is 0 Å². The Kier molecular flexibility index (Phi) is 3.15. The maximum absolute atomic E-state index is 4.10. The Bertz CT molecular complexity index is 420. The van der Waals surface area contributed by atoms with E-state index in [1.165, 1.54) is 0 Å². The number of allylic oxidation sites excluding steroid dienone is 5. The first kappa shape index (κ1) is 10.6. The Labute approximate surface area is 95.9 Å². The van der Waals surface area contributed by atoms with Gasteiger partial charge in [0.1, 0.15) is 0 Å². The Morgan fingerprint density at radius 3 is 2.56 bits per heavy atom. The predicted molar refractivity (Wildman–Crippen MR) is 68.4 cm³/mol. The molecule has 0 unspecified atom stereocenters. The van der Waals surface area contributed by atoms with Crippen molar-refractivity contribution in [2.45, 2.75) is 19.9 Å². The fourth-order valence-corrected chi connectivity index (χ4v) is 1.58. The van der Waals surface area contributed by atoms with Gasteiger partial charge in [-0.05, 0) is 38.2 Å². The van der Waals surface area contributed by atoms with Crippen molar-refractivity contribution in [2.75, 3.05) is 0 Å².